The first-order valence-electron chi connectivity index (χ1n) is 3.70. The maximum Gasteiger partial charge on any atom is 0.132 e. The lowest BCUT2D eigenvalue weighted by Gasteiger charge is -1.98. The van der Waals surface area contributed by atoms with Crippen LogP contribution in [0.15, 0.2) is 0 Å². The van der Waals surface area contributed by atoms with E-state index in [0.717, 1.165) is 0 Å². The van der Waals surface area contributed by atoms with E-state index < -0.39 is 18.1 Å². The standard InChI is InChI=1S/C6H12O/c1-4-5(2)6(3)7/h5H,4H2,1-3H3/i4D2,5D. The van der Waals surface area contributed by atoms with E-state index in [2.05, 4.69) is 0 Å². The Morgan fingerprint density at radius 2 is 2.57 bits per heavy atom. The monoisotopic (exact) mass is 103 g/mol. The van der Waals surface area contributed by atoms with Crippen LogP contribution in [-0.4, -0.2) is 5.78 Å². The van der Waals surface area contributed by atoms with E-state index in [1.807, 2.05) is 0 Å². The fourth-order valence-electron chi connectivity index (χ4n) is 0.176. The maximum absolute atomic E-state index is 10.7. The topological polar surface area (TPSA) is 17.1 Å². The highest BCUT2D eigenvalue weighted by molar-refractivity contribution is 5.77. The van der Waals surface area contributed by atoms with E-state index in [1.54, 1.807) is 0 Å². The Kier molecular flexibility index (Phi) is 1.13. The molecule has 0 heterocycles. The van der Waals surface area contributed by atoms with Crippen LogP contribution < -0.4 is 0 Å². The van der Waals surface area contributed by atoms with Crippen LogP contribution in [0.3, 0.4) is 0 Å². The second kappa shape index (κ2) is 2.78. The Bertz CT molecular complexity index is 146. The van der Waals surface area contributed by atoms with Gasteiger partial charge in [0, 0.05) is 10.0 Å². The van der Waals surface area contributed by atoms with Crippen LogP contribution in [0.1, 0.15) is 31.3 Å². The predicted octanol–water partition coefficient (Wildman–Crippen LogP) is 1.62. The third kappa shape index (κ3) is 2.38. The number of ketones is 1. The fraction of sp³-hybridized carbons (Fsp3) is 0.833. The van der Waals surface area contributed by atoms with Gasteiger partial charge in [0.15, 0.2) is 0 Å². The summed E-state index contributed by atoms with van der Waals surface area (Å²) < 4.78 is 21.6. The van der Waals surface area contributed by atoms with Gasteiger partial charge < -0.3 is 0 Å². The summed E-state index contributed by atoms with van der Waals surface area (Å²) >= 11 is 0. The van der Waals surface area contributed by atoms with Crippen molar-refractivity contribution in [1.82, 2.24) is 0 Å². The van der Waals surface area contributed by atoms with Gasteiger partial charge in [-0.1, -0.05) is 13.8 Å². The molecule has 0 aliphatic heterocycles. The van der Waals surface area contributed by atoms with Gasteiger partial charge in [-0.2, -0.15) is 0 Å². The van der Waals surface area contributed by atoms with Gasteiger partial charge in [-0.05, 0) is 13.3 Å². The molecule has 0 rings (SSSR count). The smallest absolute Gasteiger partial charge is 0.132 e. The van der Waals surface area contributed by atoms with Crippen LogP contribution in [0.25, 0.3) is 0 Å². The highest BCUT2D eigenvalue weighted by atomic mass is 16.1. The number of Topliss-reactive ketones (excluding diaryl/α,β-unsaturated/α-hetero) is 1. The summed E-state index contributed by atoms with van der Waals surface area (Å²) in [4.78, 5) is 10.7. The minimum atomic E-state index is -1.77. The number of carbonyl (C=O) groups is 1. The van der Waals surface area contributed by atoms with Crippen molar-refractivity contribution < 1.29 is 8.91 Å². The molecule has 0 saturated carbocycles. The second-order valence-corrected chi connectivity index (χ2v) is 1.43. The zero-order valence-electron chi connectivity index (χ0n) is 7.91. The van der Waals surface area contributed by atoms with Crippen molar-refractivity contribution in [3.8, 4) is 0 Å². The van der Waals surface area contributed by atoms with Crippen LogP contribution in [0.4, 0.5) is 0 Å². The lowest BCUT2D eigenvalue weighted by Crippen LogP contribution is -2.03. The summed E-state index contributed by atoms with van der Waals surface area (Å²) in [5.74, 6) is -2.06. The third-order valence-electron chi connectivity index (χ3n) is 0.903. The largest absolute Gasteiger partial charge is 0.300 e. The average Bonchev–Trinajstić information content (AvgIpc) is 1.62. The summed E-state index contributed by atoms with van der Waals surface area (Å²) in [6.07, 6.45) is -1.77. The molecule has 42 valence electrons. The van der Waals surface area contributed by atoms with E-state index in [-0.39, 0.29) is 0 Å². The molecule has 0 N–H and O–H groups in total. The first-order chi connectivity index (χ1) is 4.19. The Morgan fingerprint density at radius 1 is 2.14 bits per heavy atom. The van der Waals surface area contributed by atoms with Crippen molar-refractivity contribution in [2.24, 2.45) is 5.89 Å². The molecule has 0 aliphatic carbocycles. The van der Waals surface area contributed by atoms with Gasteiger partial charge in [-0.25, -0.2) is 0 Å². The van der Waals surface area contributed by atoms with Crippen molar-refractivity contribution in [3.05, 3.63) is 0 Å². The lowest BCUT2D eigenvalue weighted by atomic mass is 10.1. The first kappa shape index (κ1) is 2.85. The van der Waals surface area contributed by atoms with Crippen LogP contribution in [0.2, 0.25) is 0 Å². The van der Waals surface area contributed by atoms with Crippen LogP contribution >= 0.6 is 0 Å². The zero-order chi connectivity index (χ0) is 8.58. The van der Waals surface area contributed by atoms with Crippen molar-refractivity contribution in [3.63, 3.8) is 0 Å². The van der Waals surface area contributed by atoms with Crippen molar-refractivity contribution in [2.45, 2.75) is 27.1 Å². The van der Waals surface area contributed by atoms with Gasteiger partial charge in [0.2, 0.25) is 0 Å². The van der Waals surface area contributed by atoms with Gasteiger partial charge >= 0.3 is 0 Å². The summed E-state index contributed by atoms with van der Waals surface area (Å²) in [7, 11) is 0. The van der Waals surface area contributed by atoms with Crippen LogP contribution in [0.5, 0.6) is 0 Å². The Labute approximate surface area is 48.9 Å². The third-order valence-corrected chi connectivity index (χ3v) is 0.903. The van der Waals surface area contributed by atoms with Crippen LogP contribution in [-0.2, 0) is 4.79 Å². The number of hydrogen-bond donors (Lipinski definition) is 0. The van der Waals surface area contributed by atoms with Crippen molar-refractivity contribution in [1.29, 1.82) is 0 Å². The van der Waals surface area contributed by atoms with Gasteiger partial charge in [-0.3, -0.25) is 4.79 Å². The van der Waals surface area contributed by atoms with E-state index in [4.69, 9.17) is 4.11 Å². The molecular weight excluding hydrogens is 88.1 g/mol. The Hall–Kier alpha value is -0.330. The SMILES string of the molecule is [2H]C([2H])(C)C([2H])(C)C(C)=O. The molecule has 0 aromatic heterocycles. The van der Waals surface area contributed by atoms with Gasteiger partial charge in [0.1, 0.15) is 5.78 Å². The first-order valence-corrected chi connectivity index (χ1v) is 2.20. The predicted molar refractivity (Wildman–Crippen MR) is 30.1 cm³/mol. The van der Waals surface area contributed by atoms with Gasteiger partial charge in [0.05, 0.1) is 0 Å². The molecule has 1 atom stereocenters. The lowest BCUT2D eigenvalue weighted by molar-refractivity contribution is -0.120. The quantitative estimate of drug-likeness (QED) is 0.519. The molecule has 0 spiro atoms. The zero-order valence-corrected chi connectivity index (χ0v) is 4.91. The minimum Gasteiger partial charge on any atom is -0.300 e. The molecule has 1 nitrogen and oxygen atoms in total. The molecule has 0 radical (unpaired) electrons. The molecule has 0 bridgehead atoms. The summed E-state index contributed by atoms with van der Waals surface area (Å²) in [6, 6.07) is 0. The van der Waals surface area contributed by atoms with E-state index in [0.29, 0.717) is 0 Å². The van der Waals surface area contributed by atoms with E-state index >= 15 is 0 Å². The molecular formula is C6H12O. The van der Waals surface area contributed by atoms with Gasteiger partial charge in [-0.15, -0.1) is 0 Å². The fourth-order valence-corrected chi connectivity index (χ4v) is 0.176. The molecule has 0 saturated heterocycles. The highest BCUT2D eigenvalue weighted by Crippen LogP contribution is 1.99. The van der Waals surface area contributed by atoms with E-state index in [9.17, 15) is 4.79 Å². The summed E-state index contributed by atoms with van der Waals surface area (Å²) in [5.41, 5.74) is 0. The molecule has 0 aliphatic rings. The summed E-state index contributed by atoms with van der Waals surface area (Å²) in [5, 5.41) is 0. The summed E-state index contributed by atoms with van der Waals surface area (Å²) in [6.45, 7) is 3.76. The number of rotatable bonds is 2. The maximum atomic E-state index is 10.7. The normalized spacial score (nSPS) is 26.4. The molecule has 1 unspecified atom stereocenters. The Balaban J connectivity index is 4.57. The molecule has 0 aromatic rings. The second-order valence-electron chi connectivity index (χ2n) is 1.43. The molecule has 0 fully saturated rings. The number of carbonyl (C=O) groups excluding carboxylic acids is 1. The Morgan fingerprint density at radius 3 is 2.57 bits per heavy atom. The van der Waals surface area contributed by atoms with Crippen LogP contribution in [0, 0.1) is 5.89 Å². The van der Waals surface area contributed by atoms with E-state index in [1.165, 1.54) is 20.8 Å². The van der Waals surface area contributed by atoms with Crippen molar-refractivity contribution >= 4 is 5.78 Å². The highest BCUT2D eigenvalue weighted by Gasteiger charge is 2.01. The molecule has 0 amide bonds. The number of hydrogen-bond acceptors (Lipinski definition) is 1. The minimum absolute atomic E-state index is 0.444. The van der Waals surface area contributed by atoms with Crippen molar-refractivity contribution in [2.75, 3.05) is 0 Å². The molecule has 7 heavy (non-hydrogen) atoms. The molecule has 1 heteroatoms. The molecule has 0 aromatic carbocycles. The average molecular weight is 103 g/mol. The van der Waals surface area contributed by atoms with Gasteiger partial charge in [0.25, 0.3) is 0 Å².